The van der Waals surface area contributed by atoms with Crippen molar-refractivity contribution in [3.8, 4) is 0 Å². The summed E-state index contributed by atoms with van der Waals surface area (Å²) in [4.78, 5) is 22.3. The second-order valence-electron chi connectivity index (χ2n) is 4.86. The van der Waals surface area contributed by atoms with Crippen LogP contribution in [0.2, 0.25) is 0 Å². The van der Waals surface area contributed by atoms with Gasteiger partial charge in [0.05, 0.1) is 14.6 Å². The zero-order valence-electron chi connectivity index (χ0n) is 12.3. The first-order valence-electron chi connectivity index (χ1n) is 6.60. The zero-order chi connectivity index (χ0) is 18.8. The fourth-order valence-corrected chi connectivity index (χ4v) is 3.19. The van der Waals surface area contributed by atoms with E-state index in [1.165, 1.54) is 24.3 Å². The average Bonchev–Trinajstić information content (AvgIpc) is 3.00. The Morgan fingerprint density at radius 3 is 2.12 bits per heavy atom. The quantitative estimate of drug-likeness (QED) is 0.760. The van der Waals surface area contributed by atoms with Gasteiger partial charge in [-0.15, -0.1) is 11.3 Å². The lowest BCUT2D eigenvalue weighted by Crippen LogP contribution is -2.22. The van der Waals surface area contributed by atoms with Gasteiger partial charge >= 0.3 is 6.18 Å². The Kier molecular flexibility index (Phi) is 5.30. The van der Waals surface area contributed by atoms with E-state index in [2.05, 4.69) is 5.32 Å². The fourth-order valence-electron chi connectivity index (χ4n) is 1.79. The number of hydrogen-bond donors (Lipinski definition) is 2. The molecular weight excluding hydrogens is 381 g/mol. The summed E-state index contributed by atoms with van der Waals surface area (Å²) in [7, 11) is -3.82. The molecule has 0 aliphatic rings. The van der Waals surface area contributed by atoms with Crippen LogP contribution in [0.4, 0.5) is 13.2 Å². The monoisotopic (exact) mass is 392 g/mol. The number of nitrogens with one attached hydrogen (secondary N) is 1. The van der Waals surface area contributed by atoms with E-state index < -0.39 is 32.8 Å². The lowest BCUT2D eigenvalue weighted by Gasteiger charge is -2.05. The van der Waals surface area contributed by atoms with Crippen LogP contribution in [0.3, 0.4) is 0 Å². The van der Waals surface area contributed by atoms with E-state index >= 15 is 0 Å². The van der Waals surface area contributed by atoms with Crippen LogP contribution < -0.4 is 10.5 Å². The van der Waals surface area contributed by atoms with Crippen LogP contribution in [-0.4, -0.2) is 26.3 Å². The Hall–Kier alpha value is -2.24. The third kappa shape index (κ3) is 4.87. The van der Waals surface area contributed by atoms with Gasteiger partial charge < -0.3 is 5.32 Å². The summed E-state index contributed by atoms with van der Waals surface area (Å²) in [5.41, 5.74) is 0.559. The van der Waals surface area contributed by atoms with Gasteiger partial charge in [-0.3, -0.25) is 9.59 Å². The van der Waals surface area contributed by atoms with Crippen molar-refractivity contribution in [1.29, 1.82) is 0 Å². The first-order chi connectivity index (χ1) is 11.5. The molecule has 0 aliphatic heterocycles. The van der Waals surface area contributed by atoms with Crippen molar-refractivity contribution in [3.05, 3.63) is 51.7 Å². The molecule has 0 fully saturated rings. The molecular formula is C14H11F3N2O4S2. The molecule has 0 unspecified atom stereocenters. The van der Waals surface area contributed by atoms with Gasteiger partial charge in [-0.1, -0.05) is 12.1 Å². The molecule has 2 aromatic rings. The maximum Gasteiger partial charge on any atom is 0.455 e. The lowest BCUT2D eigenvalue weighted by atomic mass is 10.2. The molecule has 1 amide bonds. The molecule has 6 nitrogen and oxygen atoms in total. The number of carbonyl (C=O) groups excluding carboxylic acids is 2. The normalized spacial score (nSPS) is 12.0. The molecule has 0 bridgehead atoms. The van der Waals surface area contributed by atoms with Crippen molar-refractivity contribution in [3.63, 3.8) is 0 Å². The van der Waals surface area contributed by atoms with E-state index in [1.807, 2.05) is 0 Å². The Labute approximate surface area is 144 Å². The van der Waals surface area contributed by atoms with Crippen LogP contribution in [0.25, 0.3) is 0 Å². The Balaban J connectivity index is 2.01. The molecule has 1 heterocycles. The van der Waals surface area contributed by atoms with E-state index in [1.54, 1.807) is 0 Å². The predicted octanol–water partition coefficient (Wildman–Crippen LogP) is 2.07. The molecule has 0 radical (unpaired) electrons. The van der Waals surface area contributed by atoms with Crippen LogP contribution in [0.1, 0.15) is 24.9 Å². The van der Waals surface area contributed by atoms with Crippen molar-refractivity contribution < 1.29 is 31.2 Å². The number of benzene rings is 1. The number of alkyl halides is 3. The summed E-state index contributed by atoms with van der Waals surface area (Å²) in [6, 6.07) is 7.48. The molecule has 25 heavy (non-hydrogen) atoms. The first kappa shape index (κ1) is 19.1. The number of rotatable bonds is 5. The largest absolute Gasteiger partial charge is 0.455 e. The van der Waals surface area contributed by atoms with Crippen LogP contribution in [0.15, 0.2) is 41.3 Å². The molecule has 0 spiro atoms. The summed E-state index contributed by atoms with van der Waals surface area (Å²) in [6.45, 7) is 0.0180. The number of nitrogens with two attached hydrogens (primary N) is 1. The SMILES string of the molecule is NS(=O)(=O)c1ccc(CNC(=O)c2ccc(C(=O)C(F)(F)F)s2)cc1. The Morgan fingerprint density at radius 2 is 1.60 bits per heavy atom. The highest BCUT2D eigenvalue weighted by Gasteiger charge is 2.40. The summed E-state index contributed by atoms with van der Waals surface area (Å²) in [5.74, 6) is -2.66. The Bertz CT molecular complexity index is 903. The molecule has 3 N–H and O–H groups in total. The highest BCUT2D eigenvalue weighted by Crippen LogP contribution is 2.26. The van der Waals surface area contributed by atoms with Gasteiger partial charge in [0.25, 0.3) is 11.7 Å². The summed E-state index contributed by atoms with van der Waals surface area (Å²) >= 11 is 0.439. The van der Waals surface area contributed by atoms with Crippen LogP contribution in [0, 0.1) is 0 Å². The number of Topliss-reactive ketones (excluding diaryl/α,β-unsaturated/α-hetero) is 1. The van der Waals surface area contributed by atoms with E-state index in [0.717, 1.165) is 12.1 Å². The van der Waals surface area contributed by atoms with Crippen LogP contribution >= 0.6 is 11.3 Å². The maximum atomic E-state index is 12.3. The van der Waals surface area contributed by atoms with Gasteiger partial charge in [-0.2, -0.15) is 13.2 Å². The van der Waals surface area contributed by atoms with Gasteiger partial charge in [-0.05, 0) is 29.8 Å². The number of hydrogen-bond acceptors (Lipinski definition) is 5. The number of halogens is 3. The minimum Gasteiger partial charge on any atom is -0.347 e. The van der Waals surface area contributed by atoms with Crippen LogP contribution in [0.5, 0.6) is 0 Å². The van der Waals surface area contributed by atoms with Crippen molar-refractivity contribution in [1.82, 2.24) is 5.32 Å². The van der Waals surface area contributed by atoms with Gasteiger partial charge in [0, 0.05) is 6.54 Å². The van der Waals surface area contributed by atoms with E-state index in [-0.39, 0.29) is 16.3 Å². The first-order valence-corrected chi connectivity index (χ1v) is 8.96. The zero-order valence-corrected chi connectivity index (χ0v) is 14.0. The highest BCUT2D eigenvalue weighted by molar-refractivity contribution is 7.89. The minimum absolute atomic E-state index is 0.0180. The second-order valence-corrected chi connectivity index (χ2v) is 7.51. The van der Waals surface area contributed by atoms with E-state index in [4.69, 9.17) is 5.14 Å². The third-order valence-electron chi connectivity index (χ3n) is 3.02. The van der Waals surface area contributed by atoms with Gasteiger partial charge in [0.2, 0.25) is 10.0 Å². The van der Waals surface area contributed by atoms with Gasteiger partial charge in [-0.25, -0.2) is 13.6 Å². The van der Waals surface area contributed by atoms with Crippen molar-refractivity contribution in [2.75, 3.05) is 0 Å². The molecule has 0 aliphatic carbocycles. The molecule has 0 atom stereocenters. The molecule has 0 saturated heterocycles. The Morgan fingerprint density at radius 1 is 1.04 bits per heavy atom. The van der Waals surface area contributed by atoms with Crippen LogP contribution in [-0.2, 0) is 16.6 Å². The number of primary sulfonamides is 1. The fraction of sp³-hybridized carbons (Fsp3) is 0.143. The molecule has 0 saturated carbocycles. The summed E-state index contributed by atoms with van der Waals surface area (Å²) in [6.07, 6.45) is -5.00. The van der Waals surface area contributed by atoms with E-state index in [9.17, 15) is 31.2 Å². The predicted molar refractivity (Wildman–Crippen MR) is 83.7 cm³/mol. The number of sulfonamides is 1. The highest BCUT2D eigenvalue weighted by atomic mass is 32.2. The molecule has 1 aromatic heterocycles. The topological polar surface area (TPSA) is 106 Å². The van der Waals surface area contributed by atoms with E-state index in [0.29, 0.717) is 16.9 Å². The smallest absolute Gasteiger partial charge is 0.347 e. The standard InChI is InChI=1S/C14H11F3N2O4S2/c15-14(16,17)12(20)10-5-6-11(24-10)13(21)19-7-8-1-3-9(4-2-8)25(18,22)23/h1-6H,7H2,(H,19,21)(H2,18,22,23). The number of carbonyl (C=O) groups is 2. The lowest BCUT2D eigenvalue weighted by molar-refractivity contribution is -0.0882. The number of amides is 1. The average molecular weight is 392 g/mol. The molecule has 134 valence electrons. The third-order valence-corrected chi connectivity index (χ3v) is 5.03. The maximum absolute atomic E-state index is 12.3. The molecule has 2 rings (SSSR count). The summed E-state index contributed by atoms with van der Waals surface area (Å²) in [5, 5.41) is 7.42. The number of thiophene rings is 1. The van der Waals surface area contributed by atoms with Gasteiger partial charge in [0.1, 0.15) is 0 Å². The van der Waals surface area contributed by atoms with Crippen molar-refractivity contribution in [2.24, 2.45) is 5.14 Å². The molecule has 11 heteroatoms. The summed E-state index contributed by atoms with van der Waals surface area (Å²) < 4.78 is 59.3. The minimum atomic E-state index is -5.00. The number of ketones is 1. The van der Waals surface area contributed by atoms with Crippen molar-refractivity contribution >= 4 is 33.1 Å². The second kappa shape index (κ2) is 6.94. The van der Waals surface area contributed by atoms with Gasteiger partial charge in [0.15, 0.2) is 0 Å². The van der Waals surface area contributed by atoms with Crippen molar-refractivity contribution in [2.45, 2.75) is 17.6 Å². The molecule has 1 aromatic carbocycles.